The van der Waals surface area contributed by atoms with Crippen LogP contribution in [0.1, 0.15) is 34.1 Å². The molecular weight excluding hydrogens is 339 g/mol. The Bertz CT molecular complexity index is 393. The molecule has 0 aromatic carbocycles. The van der Waals surface area contributed by atoms with Gasteiger partial charge in [-0.25, -0.2) is 17.7 Å². The zero-order valence-electron chi connectivity index (χ0n) is 13.3. The largest absolute Gasteiger partial charge is 0.273 e. The third kappa shape index (κ3) is 12.2. The van der Waals surface area contributed by atoms with Crippen molar-refractivity contribution >= 4 is 31.0 Å². The van der Waals surface area contributed by atoms with Gasteiger partial charge in [-0.1, -0.05) is 26.7 Å². The van der Waals surface area contributed by atoms with E-state index in [4.69, 9.17) is 0 Å². The van der Waals surface area contributed by atoms with Gasteiger partial charge < -0.3 is 0 Å². The van der Waals surface area contributed by atoms with E-state index < -0.39 is 0 Å². The van der Waals surface area contributed by atoms with Crippen molar-refractivity contribution in [2.24, 2.45) is 5.92 Å². The van der Waals surface area contributed by atoms with Gasteiger partial charge in [-0.05, 0) is 0 Å². The van der Waals surface area contributed by atoms with Gasteiger partial charge in [0.25, 0.3) is 0 Å². The summed E-state index contributed by atoms with van der Waals surface area (Å²) >= 11 is 2.27. The number of halogens is 2. The Labute approximate surface area is 149 Å². The average molecular weight is 365 g/mol. The minimum Gasteiger partial charge on any atom is -0.273 e. The second-order valence-corrected chi connectivity index (χ2v) is 11.5. The number of allylic oxidation sites excluding steroid dienone is 8. The Balaban J connectivity index is -0.000000228. The van der Waals surface area contributed by atoms with E-state index in [1.807, 2.05) is 12.2 Å². The van der Waals surface area contributed by atoms with E-state index in [2.05, 4.69) is 78.2 Å². The monoisotopic (exact) mass is 364 g/mol. The Kier molecular flexibility index (Phi) is 18.3. The van der Waals surface area contributed by atoms with Crippen LogP contribution in [0.5, 0.6) is 0 Å². The zero-order valence-corrected chi connectivity index (χ0v) is 17.5. The molecular formula is C16H26Cl2SiTi. The fourth-order valence-electron chi connectivity index (χ4n) is 1.50. The summed E-state index contributed by atoms with van der Waals surface area (Å²) in [6.07, 6.45) is 13.5. The smallest absolute Gasteiger partial charge is 0.109 e. The molecule has 0 N–H and O–H groups in total. The average Bonchev–Trinajstić information content (AvgIpc) is 2.89. The molecule has 1 atom stereocenters. The van der Waals surface area contributed by atoms with Crippen LogP contribution in [0.2, 0.25) is 13.1 Å². The molecule has 4 heteroatoms. The topological polar surface area (TPSA) is 0 Å². The van der Waals surface area contributed by atoms with E-state index in [9.17, 15) is 0 Å². The van der Waals surface area contributed by atoms with Crippen LogP contribution in [-0.4, -0.2) is 6.19 Å². The summed E-state index contributed by atoms with van der Waals surface area (Å²) in [5.74, 6) is 0.560. The third-order valence-electron chi connectivity index (χ3n) is 2.82. The van der Waals surface area contributed by atoms with Gasteiger partial charge in [0.15, 0.2) is 0 Å². The predicted octanol–water partition coefficient (Wildman–Crippen LogP) is 5.66. The Hall–Kier alpha value is 0.471. The minimum absolute atomic E-state index is 0. The second-order valence-electron chi connectivity index (χ2n) is 4.80. The molecule has 0 spiro atoms. The third-order valence-corrected chi connectivity index (χ3v) is 2.82. The van der Waals surface area contributed by atoms with Crippen molar-refractivity contribution in [1.82, 2.24) is 0 Å². The first kappa shape index (κ1) is 25.4. The maximum absolute atomic E-state index is 3.36. The fourth-order valence-corrected chi connectivity index (χ4v) is 1.50. The van der Waals surface area contributed by atoms with Gasteiger partial charge in [0, 0.05) is 0 Å². The maximum Gasteiger partial charge on any atom is -0.109 e. The van der Waals surface area contributed by atoms with Crippen molar-refractivity contribution in [3.05, 3.63) is 47.1 Å². The van der Waals surface area contributed by atoms with Crippen molar-refractivity contribution in [1.29, 1.82) is 0 Å². The normalized spacial score (nSPS) is 18.0. The molecule has 2 aliphatic rings. The fraction of sp³-hybridized carbons (Fsp3) is 0.500. The molecule has 0 aromatic heterocycles. The van der Waals surface area contributed by atoms with Crippen LogP contribution in [0.3, 0.4) is 0 Å². The standard InChI is InChI=1S/C9H13.C5H5.C2H6Si.2ClH.Ti/c1-6-5-7(2)9(4)8(6)3;1-2-4-5-3-1;1-3-2;;;/h6H,1-4H3;1-3H,4H2;1-2H3;2*1H;/q2*-1;;;;+2. The molecule has 2 aliphatic carbocycles. The van der Waals surface area contributed by atoms with E-state index in [1.54, 1.807) is 0 Å². The van der Waals surface area contributed by atoms with Gasteiger partial charge in [-0.15, -0.1) is 38.2 Å². The summed E-state index contributed by atoms with van der Waals surface area (Å²) in [5.41, 5.74) is 4.25. The van der Waals surface area contributed by atoms with Gasteiger partial charge >= 0.3 is 38.5 Å². The van der Waals surface area contributed by atoms with Crippen LogP contribution in [0, 0.1) is 18.1 Å². The van der Waals surface area contributed by atoms with Crippen LogP contribution < -0.4 is 0 Å². The van der Waals surface area contributed by atoms with Gasteiger partial charge in [0.1, 0.15) is 0 Å². The van der Waals surface area contributed by atoms with Crippen LogP contribution >= 0.6 is 24.8 Å². The maximum atomic E-state index is 3.36. The van der Waals surface area contributed by atoms with Gasteiger partial charge in [-0.3, -0.25) is 12.2 Å². The molecule has 0 radical (unpaired) electrons. The Morgan fingerprint density at radius 2 is 1.70 bits per heavy atom. The SMILES string of the molecule is CC1=[C-]C(C)C(C)=C1C.C[Si](C)=[Ti+2].Cl.Cl.[C-]1=CC=CC1. The van der Waals surface area contributed by atoms with E-state index in [-0.39, 0.29) is 31.0 Å². The Morgan fingerprint density at radius 3 is 1.80 bits per heavy atom. The molecule has 0 fully saturated rings. The van der Waals surface area contributed by atoms with Crippen LogP contribution in [-0.2, 0) is 19.2 Å². The summed E-state index contributed by atoms with van der Waals surface area (Å²) in [6.45, 7) is 13.2. The van der Waals surface area contributed by atoms with Gasteiger partial charge in [0.05, 0.1) is 0 Å². The van der Waals surface area contributed by atoms with E-state index in [0.29, 0.717) is 5.92 Å². The number of hydrogen-bond donors (Lipinski definition) is 0. The first-order chi connectivity index (χ1) is 8.36. The molecule has 112 valence electrons. The molecule has 0 heterocycles. The molecule has 0 saturated carbocycles. The Morgan fingerprint density at radius 1 is 1.20 bits per heavy atom. The minimum atomic E-state index is 0. The first-order valence-corrected chi connectivity index (χ1v) is 11.2. The summed E-state index contributed by atoms with van der Waals surface area (Å²) in [4.78, 5) is 0. The van der Waals surface area contributed by atoms with E-state index in [0.717, 1.165) is 6.42 Å². The van der Waals surface area contributed by atoms with Gasteiger partial charge in [-0.2, -0.15) is 17.2 Å². The molecule has 20 heavy (non-hydrogen) atoms. The van der Waals surface area contributed by atoms with Crippen LogP contribution in [0.25, 0.3) is 0 Å². The summed E-state index contributed by atoms with van der Waals surface area (Å²) in [6, 6.07) is 0. The molecule has 0 nitrogen and oxygen atoms in total. The van der Waals surface area contributed by atoms with Crippen molar-refractivity contribution in [2.45, 2.75) is 47.2 Å². The van der Waals surface area contributed by atoms with Crippen molar-refractivity contribution in [3.63, 3.8) is 0 Å². The summed E-state index contributed by atoms with van der Waals surface area (Å²) in [5, 5.41) is 0. The van der Waals surface area contributed by atoms with Gasteiger partial charge in [0.2, 0.25) is 0 Å². The van der Waals surface area contributed by atoms with Crippen molar-refractivity contribution < 1.29 is 19.2 Å². The number of hydrogen-bond acceptors (Lipinski definition) is 0. The van der Waals surface area contributed by atoms with Crippen LogP contribution in [0.4, 0.5) is 0 Å². The molecule has 0 bridgehead atoms. The molecule has 2 rings (SSSR count). The molecule has 0 saturated heterocycles. The molecule has 0 amide bonds. The number of rotatable bonds is 0. The summed E-state index contributed by atoms with van der Waals surface area (Å²) in [7, 11) is 0. The molecule has 0 aliphatic heterocycles. The van der Waals surface area contributed by atoms with Crippen molar-refractivity contribution in [2.75, 3.05) is 0 Å². The molecule has 1 unspecified atom stereocenters. The second kappa shape index (κ2) is 14.4. The van der Waals surface area contributed by atoms with Crippen molar-refractivity contribution in [3.8, 4) is 0 Å². The van der Waals surface area contributed by atoms with E-state index in [1.165, 1.54) is 16.7 Å². The first-order valence-electron chi connectivity index (χ1n) is 6.37. The predicted molar refractivity (Wildman–Crippen MR) is 93.5 cm³/mol. The summed E-state index contributed by atoms with van der Waals surface area (Å²) < 4.78 is 0. The zero-order chi connectivity index (χ0) is 14.1. The van der Waals surface area contributed by atoms with Crippen LogP contribution in [0.15, 0.2) is 34.9 Å². The van der Waals surface area contributed by atoms with E-state index >= 15 is 0 Å². The quantitative estimate of drug-likeness (QED) is 0.384. The molecule has 0 aromatic rings.